The number of benzene rings is 2. The molecule has 0 spiro atoms. The second-order valence-electron chi connectivity index (χ2n) is 9.48. The number of nitrogens with zero attached hydrogens (tertiary/aromatic N) is 7. The van der Waals surface area contributed by atoms with Gasteiger partial charge in [-0.15, -0.1) is 0 Å². The Morgan fingerprint density at radius 1 is 0.865 bits per heavy atom. The van der Waals surface area contributed by atoms with Crippen molar-refractivity contribution in [3.63, 3.8) is 0 Å². The second kappa shape index (κ2) is 10.6. The molecule has 190 valence electrons. The monoisotopic (exact) mass is 534 g/mol. The lowest BCUT2D eigenvalue weighted by Gasteiger charge is -2.20. The van der Waals surface area contributed by atoms with Gasteiger partial charge in [0.2, 0.25) is 17.8 Å². The van der Waals surface area contributed by atoms with Crippen LogP contribution in [-0.2, 0) is 6.54 Å². The Morgan fingerprint density at radius 3 is 2.22 bits per heavy atom. The van der Waals surface area contributed by atoms with Gasteiger partial charge in [0.1, 0.15) is 0 Å². The number of para-hydroxylation sites is 1. The van der Waals surface area contributed by atoms with Gasteiger partial charge in [-0.3, -0.25) is 0 Å². The number of fused-ring (bicyclic) bond motifs is 1. The molecule has 0 unspecified atom stereocenters. The first kappa shape index (κ1) is 24.0. The van der Waals surface area contributed by atoms with Crippen molar-refractivity contribution in [1.82, 2.24) is 19.5 Å². The Morgan fingerprint density at radius 2 is 1.54 bits per heavy atom. The molecule has 0 radical (unpaired) electrons. The largest absolute Gasteiger partial charge is 0.342 e. The molecule has 10 heteroatoms. The molecule has 2 fully saturated rings. The normalized spacial score (nSPS) is 15.9. The van der Waals surface area contributed by atoms with Crippen LogP contribution in [0.25, 0.3) is 10.9 Å². The van der Waals surface area contributed by atoms with Gasteiger partial charge in [-0.25, -0.2) is 5.43 Å². The van der Waals surface area contributed by atoms with E-state index in [1.54, 1.807) is 6.07 Å². The average molecular weight is 535 g/mol. The van der Waals surface area contributed by atoms with E-state index in [1.165, 1.54) is 0 Å². The fourth-order valence-electron chi connectivity index (χ4n) is 5.02. The van der Waals surface area contributed by atoms with Gasteiger partial charge in [-0.1, -0.05) is 47.5 Å². The molecule has 2 aromatic heterocycles. The van der Waals surface area contributed by atoms with Gasteiger partial charge in [0.15, 0.2) is 0 Å². The maximum Gasteiger partial charge on any atom is 0.250 e. The predicted octanol–water partition coefficient (Wildman–Crippen LogP) is 5.83. The first-order valence-corrected chi connectivity index (χ1v) is 13.5. The molecule has 6 rings (SSSR count). The van der Waals surface area contributed by atoms with Crippen LogP contribution in [0.1, 0.15) is 36.8 Å². The van der Waals surface area contributed by atoms with Crippen molar-refractivity contribution in [2.45, 2.75) is 32.2 Å². The minimum atomic E-state index is 0.465. The van der Waals surface area contributed by atoms with E-state index in [9.17, 15) is 0 Å². The molecule has 37 heavy (non-hydrogen) atoms. The number of anilines is 3. The molecule has 2 saturated heterocycles. The summed E-state index contributed by atoms with van der Waals surface area (Å²) in [6.07, 6.45) is 8.55. The molecule has 8 nitrogen and oxygen atoms in total. The van der Waals surface area contributed by atoms with Crippen LogP contribution in [0.15, 0.2) is 53.8 Å². The van der Waals surface area contributed by atoms with Gasteiger partial charge in [0.25, 0.3) is 0 Å². The third-order valence-corrected chi connectivity index (χ3v) is 7.52. The zero-order chi connectivity index (χ0) is 25.2. The number of halogens is 2. The SMILES string of the molecule is Clc1ccc(Cn2cc(/C=N\Nc3nc(N4CCCC4)nc(N4CCCC4)n3)c3ccccc32)c(Cl)c1. The second-order valence-corrected chi connectivity index (χ2v) is 10.3. The highest BCUT2D eigenvalue weighted by Gasteiger charge is 2.21. The third kappa shape index (κ3) is 5.22. The molecule has 0 aliphatic carbocycles. The Labute approximate surface area is 225 Å². The summed E-state index contributed by atoms with van der Waals surface area (Å²) in [4.78, 5) is 18.6. The summed E-state index contributed by atoms with van der Waals surface area (Å²) < 4.78 is 2.17. The molecule has 2 aliphatic heterocycles. The van der Waals surface area contributed by atoms with Crippen molar-refractivity contribution in [3.8, 4) is 0 Å². The molecule has 2 aliphatic rings. The van der Waals surface area contributed by atoms with Crippen LogP contribution in [0.3, 0.4) is 0 Å². The van der Waals surface area contributed by atoms with Crippen LogP contribution in [-0.4, -0.2) is 51.9 Å². The van der Waals surface area contributed by atoms with Crippen molar-refractivity contribution in [2.24, 2.45) is 5.10 Å². The highest BCUT2D eigenvalue weighted by atomic mass is 35.5. The molecule has 0 bridgehead atoms. The summed E-state index contributed by atoms with van der Waals surface area (Å²) in [5.41, 5.74) is 6.16. The van der Waals surface area contributed by atoms with Crippen molar-refractivity contribution in [2.75, 3.05) is 41.4 Å². The molecule has 0 atom stereocenters. The van der Waals surface area contributed by atoms with Gasteiger partial charge < -0.3 is 14.4 Å². The number of rotatable bonds is 7. The fraction of sp³-hybridized carbons (Fsp3) is 0.333. The lowest BCUT2D eigenvalue weighted by molar-refractivity contribution is 0.836. The first-order valence-electron chi connectivity index (χ1n) is 12.7. The third-order valence-electron chi connectivity index (χ3n) is 6.93. The van der Waals surface area contributed by atoms with Crippen LogP contribution in [0.4, 0.5) is 17.8 Å². The maximum absolute atomic E-state index is 6.45. The zero-order valence-electron chi connectivity index (χ0n) is 20.4. The Balaban J connectivity index is 1.27. The van der Waals surface area contributed by atoms with Gasteiger partial charge in [-0.2, -0.15) is 20.1 Å². The maximum atomic E-state index is 6.45. The van der Waals surface area contributed by atoms with E-state index < -0.39 is 0 Å². The van der Waals surface area contributed by atoms with Gasteiger partial charge in [0, 0.05) is 65.4 Å². The van der Waals surface area contributed by atoms with E-state index in [0.29, 0.717) is 22.5 Å². The summed E-state index contributed by atoms with van der Waals surface area (Å²) in [5, 5.41) is 6.91. The van der Waals surface area contributed by atoms with E-state index in [2.05, 4.69) is 53.2 Å². The quantitative estimate of drug-likeness (QED) is 0.237. The lowest BCUT2D eigenvalue weighted by atomic mass is 10.2. The fourth-order valence-corrected chi connectivity index (χ4v) is 5.49. The molecule has 1 N–H and O–H groups in total. The summed E-state index contributed by atoms with van der Waals surface area (Å²) in [5.74, 6) is 1.92. The topological polar surface area (TPSA) is 74.5 Å². The number of hydrogen-bond donors (Lipinski definition) is 1. The number of aromatic nitrogens is 4. The smallest absolute Gasteiger partial charge is 0.250 e. The van der Waals surface area contributed by atoms with Crippen LogP contribution in [0.2, 0.25) is 10.0 Å². The van der Waals surface area contributed by atoms with Crippen molar-refractivity contribution in [3.05, 3.63) is 69.8 Å². The summed E-state index contributed by atoms with van der Waals surface area (Å²) in [7, 11) is 0. The van der Waals surface area contributed by atoms with E-state index in [4.69, 9.17) is 28.2 Å². The van der Waals surface area contributed by atoms with Crippen LogP contribution >= 0.6 is 23.2 Å². The standard InChI is InChI=1S/C27H28Cl2N8/c28-21-10-9-19(23(29)15-21)17-37-18-20(22-7-1-2-8-24(22)37)16-30-34-25-31-26(35-11-3-4-12-35)33-27(32-25)36-13-5-6-14-36/h1-2,7-10,15-16,18H,3-6,11-14,17H2,(H,31,32,33,34)/b30-16-. The van der Waals surface area contributed by atoms with Crippen molar-refractivity contribution < 1.29 is 0 Å². The number of hydrazone groups is 1. The lowest BCUT2D eigenvalue weighted by Crippen LogP contribution is -2.25. The highest BCUT2D eigenvalue weighted by molar-refractivity contribution is 6.35. The number of hydrogen-bond acceptors (Lipinski definition) is 7. The Hall–Kier alpha value is -3.36. The van der Waals surface area contributed by atoms with Crippen molar-refractivity contribution >= 4 is 58.2 Å². The highest BCUT2D eigenvalue weighted by Crippen LogP contribution is 2.26. The van der Waals surface area contributed by atoms with Gasteiger partial charge >= 0.3 is 0 Å². The van der Waals surface area contributed by atoms with E-state index in [1.807, 2.05) is 30.5 Å². The van der Waals surface area contributed by atoms with Crippen LogP contribution in [0.5, 0.6) is 0 Å². The average Bonchev–Trinajstić information content (AvgIpc) is 3.68. The molecule has 4 aromatic rings. The summed E-state index contributed by atoms with van der Waals surface area (Å²) >= 11 is 12.5. The molecular weight excluding hydrogens is 507 g/mol. The molecule has 4 heterocycles. The van der Waals surface area contributed by atoms with E-state index >= 15 is 0 Å². The van der Waals surface area contributed by atoms with E-state index in [0.717, 1.165) is 85.8 Å². The molecule has 0 saturated carbocycles. The Bertz CT molecular complexity index is 1400. The van der Waals surface area contributed by atoms with E-state index in [-0.39, 0.29) is 0 Å². The molecule has 2 aromatic carbocycles. The van der Waals surface area contributed by atoms with Gasteiger partial charge in [0.05, 0.1) is 6.21 Å². The first-order chi connectivity index (χ1) is 18.1. The van der Waals surface area contributed by atoms with Crippen molar-refractivity contribution in [1.29, 1.82) is 0 Å². The number of nitrogens with one attached hydrogen (secondary N) is 1. The molecule has 0 amide bonds. The minimum Gasteiger partial charge on any atom is -0.342 e. The summed E-state index contributed by atoms with van der Waals surface area (Å²) in [6, 6.07) is 13.9. The molecular formula is C27H28Cl2N8. The van der Waals surface area contributed by atoms with Crippen LogP contribution in [0, 0.1) is 0 Å². The predicted molar refractivity (Wildman–Crippen MR) is 151 cm³/mol. The Kier molecular flexibility index (Phi) is 6.85. The summed E-state index contributed by atoms with van der Waals surface area (Å²) in [6.45, 7) is 4.53. The zero-order valence-corrected chi connectivity index (χ0v) is 22.0. The van der Waals surface area contributed by atoms with Gasteiger partial charge in [-0.05, 0) is 49.4 Å². The minimum absolute atomic E-state index is 0.465. The van der Waals surface area contributed by atoms with Crippen LogP contribution < -0.4 is 15.2 Å².